The Morgan fingerprint density at radius 2 is 1.83 bits per heavy atom. The van der Waals surface area contributed by atoms with Crippen LogP contribution >= 0.6 is 0 Å². The Labute approximate surface area is 177 Å². The second kappa shape index (κ2) is 10.1. The van der Waals surface area contributed by atoms with Crippen molar-refractivity contribution in [1.29, 1.82) is 0 Å². The normalized spacial score (nSPS) is 18.6. The third kappa shape index (κ3) is 6.29. The number of benzene rings is 1. The minimum Gasteiger partial charge on any atom is -0.454 e. The number of sulfone groups is 1. The van der Waals surface area contributed by atoms with E-state index < -0.39 is 46.3 Å². The summed E-state index contributed by atoms with van der Waals surface area (Å²) < 4.78 is 28.6. The molecule has 0 aliphatic carbocycles. The van der Waals surface area contributed by atoms with Gasteiger partial charge in [0, 0.05) is 18.2 Å². The molecule has 8 nitrogen and oxygen atoms in total. The van der Waals surface area contributed by atoms with Gasteiger partial charge in [0.2, 0.25) is 0 Å². The fourth-order valence-corrected chi connectivity index (χ4v) is 5.12. The fourth-order valence-electron chi connectivity index (χ4n) is 3.39. The fraction of sp³-hybridized carbons (Fsp3) is 0.571. The molecular weight excluding hydrogens is 408 g/mol. The summed E-state index contributed by atoms with van der Waals surface area (Å²) in [6.07, 6.45) is 0.386. The van der Waals surface area contributed by atoms with E-state index >= 15 is 0 Å². The lowest BCUT2D eigenvalue weighted by molar-refractivity contribution is -0.155. The summed E-state index contributed by atoms with van der Waals surface area (Å²) in [5.41, 5.74) is 1.44. The Hall–Kier alpha value is -2.42. The molecule has 1 fully saturated rings. The minimum absolute atomic E-state index is 0.0572. The number of aryl methyl sites for hydroxylation is 1. The Kier molecular flexibility index (Phi) is 8.00. The number of rotatable bonds is 8. The quantitative estimate of drug-likeness (QED) is 0.613. The van der Waals surface area contributed by atoms with Gasteiger partial charge in [-0.15, -0.1) is 0 Å². The van der Waals surface area contributed by atoms with Gasteiger partial charge in [-0.05, 0) is 38.3 Å². The van der Waals surface area contributed by atoms with Crippen LogP contribution in [0.3, 0.4) is 0 Å². The second-order valence-electron chi connectivity index (χ2n) is 7.91. The van der Waals surface area contributed by atoms with Crippen molar-refractivity contribution < 1.29 is 27.5 Å². The van der Waals surface area contributed by atoms with E-state index in [1.807, 2.05) is 6.92 Å². The number of likely N-dealkylation sites (N-methyl/N-ethyl adjacent to an activating group) is 1. The number of nitrogens with zero attached hydrogens (tertiary/aromatic N) is 1. The van der Waals surface area contributed by atoms with E-state index in [0.29, 0.717) is 18.5 Å². The van der Waals surface area contributed by atoms with Gasteiger partial charge in [-0.2, -0.15) is 0 Å². The van der Waals surface area contributed by atoms with E-state index in [0.717, 1.165) is 5.56 Å². The number of esters is 1. The van der Waals surface area contributed by atoms with Crippen LogP contribution in [0, 0.1) is 12.8 Å². The summed E-state index contributed by atoms with van der Waals surface area (Å²) in [6, 6.07) is 5.65. The highest BCUT2D eigenvalue weighted by atomic mass is 32.2. The molecule has 9 heteroatoms. The van der Waals surface area contributed by atoms with Gasteiger partial charge >= 0.3 is 5.97 Å². The van der Waals surface area contributed by atoms with Crippen LogP contribution in [0.15, 0.2) is 24.3 Å². The summed E-state index contributed by atoms with van der Waals surface area (Å²) >= 11 is 0. The topological polar surface area (TPSA) is 110 Å². The van der Waals surface area contributed by atoms with Crippen molar-refractivity contribution in [2.45, 2.75) is 46.2 Å². The first-order chi connectivity index (χ1) is 14.0. The molecule has 0 spiro atoms. The number of ether oxygens (including phenoxy) is 1. The van der Waals surface area contributed by atoms with E-state index in [-0.39, 0.29) is 17.4 Å². The first-order valence-corrected chi connectivity index (χ1v) is 11.9. The minimum atomic E-state index is -3.13. The lowest BCUT2D eigenvalue weighted by atomic mass is 10.0. The molecule has 0 radical (unpaired) electrons. The highest BCUT2D eigenvalue weighted by molar-refractivity contribution is 7.91. The average molecular weight is 439 g/mol. The monoisotopic (exact) mass is 438 g/mol. The van der Waals surface area contributed by atoms with Crippen molar-refractivity contribution in [3.8, 4) is 0 Å². The van der Waals surface area contributed by atoms with Crippen LogP contribution in [0.5, 0.6) is 0 Å². The zero-order valence-electron chi connectivity index (χ0n) is 17.9. The Morgan fingerprint density at radius 1 is 1.20 bits per heavy atom. The number of hydrogen-bond donors (Lipinski definition) is 1. The largest absolute Gasteiger partial charge is 0.454 e. The molecule has 166 valence electrons. The molecule has 0 bridgehead atoms. The maximum absolute atomic E-state index is 12.5. The van der Waals surface area contributed by atoms with Gasteiger partial charge in [-0.3, -0.25) is 9.59 Å². The molecule has 0 aromatic heterocycles. The SMILES string of the molecule is CCN(C(=O)COC(=O)C(NC(=O)c1ccc(C)cc1)C(C)C)C1CCS(=O)(=O)C1. The third-order valence-electron chi connectivity index (χ3n) is 5.17. The number of hydrogen-bond acceptors (Lipinski definition) is 6. The molecule has 1 aliphatic rings. The van der Waals surface area contributed by atoms with E-state index in [1.165, 1.54) is 4.90 Å². The molecule has 1 aliphatic heterocycles. The number of amides is 2. The maximum Gasteiger partial charge on any atom is 0.329 e. The predicted molar refractivity (Wildman–Crippen MR) is 113 cm³/mol. The predicted octanol–water partition coefficient (Wildman–Crippen LogP) is 1.33. The van der Waals surface area contributed by atoms with E-state index in [2.05, 4.69) is 5.32 Å². The van der Waals surface area contributed by atoms with Crippen LogP contribution in [-0.4, -0.2) is 67.8 Å². The third-order valence-corrected chi connectivity index (χ3v) is 6.92. The molecule has 1 N–H and O–H groups in total. The summed E-state index contributed by atoms with van der Waals surface area (Å²) in [7, 11) is -3.13. The Morgan fingerprint density at radius 3 is 2.33 bits per heavy atom. The van der Waals surface area contributed by atoms with Crippen LogP contribution in [-0.2, 0) is 24.2 Å². The number of carbonyl (C=O) groups is 3. The molecule has 1 aromatic rings. The van der Waals surface area contributed by atoms with Gasteiger partial charge in [0.25, 0.3) is 11.8 Å². The number of carbonyl (C=O) groups excluding carboxylic acids is 3. The van der Waals surface area contributed by atoms with Gasteiger partial charge in [0.1, 0.15) is 6.04 Å². The van der Waals surface area contributed by atoms with Gasteiger partial charge < -0.3 is 15.0 Å². The zero-order valence-corrected chi connectivity index (χ0v) is 18.7. The van der Waals surface area contributed by atoms with Crippen LogP contribution in [0.1, 0.15) is 43.1 Å². The summed E-state index contributed by atoms with van der Waals surface area (Å²) in [5, 5.41) is 2.67. The standard InChI is InChI=1S/C21H30N2O6S/c1-5-23(17-10-11-30(27,28)13-17)18(24)12-29-21(26)19(14(2)3)22-20(25)16-8-6-15(4)7-9-16/h6-9,14,17,19H,5,10-13H2,1-4H3,(H,22,25). The van der Waals surface area contributed by atoms with Gasteiger partial charge in [-0.25, -0.2) is 13.2 Å². The van der Waals surface area contributed by atoms with Crippen LogP contribution < -0.4 is 5.32 Å². The lowest BCUT2D eigenvalue weighted by Crippen LogP contribution is -2.47. The van der Waals surface area contributed by atoms with Crippen molar-refractivity contribution in [2.24, 2.45) is 5.92 Å². The van der Waals surface area contributed by atoms with Crippen LogP contribution in [0.2, 0.25) is 0 Å². The summed E-state index contributed by atoms with van der Waals surface area (Å²) in [4.78, 5) is 38.9. The molecule has 2 atom stereocenters. The molecule has 2 unspecified atom stereocenters. The summed E-state index contributed by atoms with van der Waals surface area (Å²) in [6.45, 7) is 7.04. The molecule has 1 saturated heterocycles. The molecule has 1 heterocycles. The zero-order chi connectivity index (χ0) is 22.5. The van der Waals surface area contributed by atoms with Crippen LogP contribution in [0.25, 0.3) is 0 Å². The van der Waals surface area contributed by atoms with Crippen molar-refractivity contribution in [3.05, 3.63) is 35.4 Å². The van der Waals surface area contributed by atoms with Crippen molar-refractivity contribution in [2.75, 3.05) is 24.7 Å². The van der Waals surface area contributed by atoms with Gasteiger partial charge in [0.15, 0.2) is 16.4 Å². The highest BCUT2D eigenvalue weighted by Gasteiger charge is 2.34. The first-order valence-electron chi connectivity index (χ1n) is 10.1. The molecule has 1 aromatic carbocycles. The van der Waals surface area contributed by atoms with Crippen LogP contribution in [0.4, 0.5) is 0 Å². The second-order valence-corrected chi connectivity index (χ2v) is 10.1. The molecular formula is C21H30N2O6S. The molecule has 0 saturated carbocycles. The van der Waals surface area contributed by atoms with Crippen molar-refractivity contribution in [3.63, 3.8) is 0 Å². The summed E-state index contributed by atoms with van der Waals surface area (Å²) in [5.74, 6) is -1.80. The molecule has 30 heavy (non-hydrogen) atoms. The van der Waals surface area contributed by atoms with Crippen molar-refractivity contribution >= 4 is 27.6 Å². The molecule has 2 rings (SSSR count). The van der Waals surface area contributed by atoms with E-state index in [1.54, 1.807) is 45.0 Å². The lowest BCUT2D eigenvalue weighted by Gasteiger charge is -2.27. The van der Waals surface area contributed by atoms with Gasteiger partial charge in [-0.1, -0.05) is 31.5 Å². The van der Waals surface area contributed by atoms with Gasteiger partial charge in [0.05, 0.1) is 11.5 Å². The number of nitrogens with one attached hydrogen (secondary N) is 1. The first kappa shape index (κ1) is 23.9. The Balaban J connectivity index is 1.96. The van der Waals surface area contributed by atoms with Crippen molar-refractivity contribution in [1.82, 2.24) is 10.2 Å². The average Bonchev–Trinajstić information content (AvgIpc) is 3.04. The Bertz CT molecular complexity index is 879. The maximum atomic E-state index is 12.5. The van der Waals surface area contributed by atoms with E-state index in [4.69, 9.17) is 4.74 Å². The highest BCUT2D eigenvalue weighted by Crippen LogP contribution is 2.18. The molecule has 2 amide bonds. The smallest absolute Gasteiger partial charge is 0.329 e. The van der Waals surface area contributed by atoms with E-state index in [9.17, 15) is 22.8 Å².